The highest BCUT2D eigenvalue weighted by Crippen LogP contribution is 1.94. The van der Waals surface area contributed by atoms with Crippen molar-refractivity contribution in [3.63, 3.8) is 0 Å². The Bertz CT molecular complexity index is 196. The zero-order valence-corrected chi connectivity index (χ0v) is 6.27. The lowest BCUT2D eigenvalue weighted by atomic mass is 10.7. The van der Waals surface area contributed by atoms with E-state index in [-0.39, 0.29) is 11.5 Å². The zero-order valence-electron chi connectivity index (χ0n) is 5.46. The minimum absolute atomic E-state index is 0.0326. The number of hydrogen-bond donors (Lipinski definition) is 1. The van der Waals surface area contributed by atoms with Crippen LogP contribution in [-0.2, 0) is 9.84 Å². The average Bonchev–Trinajstić information content (AvgIpc) is 1.63. The van der Waals surface area contributed by atoms with Crippen LogP contribution < -0.4 is 0 Å². The van der Waals surface area contributed by atoms with Crippen molar-refractivity contribution in [1.82, 2.24) is 0 Å². The van der Waals surface area contributed by atoms with Gasteiger partial charge in [-0.2, -0.15) is 0 Å². The van der Waals surface area contributed by atoms with Crippen LogP contribution >= 0.6 is 0 Å². The summed E-state index contributed by atoms with van der Waals surface area (Å²) in [5.74, 6) is -0.137. The van der Waals surface area contributed by atoms with Crippen LogP contribution in [0, 0.1) is 0 Å². The maximum Gasteiger partial charge on any atom is 0.174 e. The molecule has 0 saturated carbocycles. The Morgan fingerprint density at radius 1 is 1.67 bits per heavy atom. The van der Waals surface area contributed by atoms with Gasteiger partial charge in [0.25, 0.3) is 0 Å². The molecule has 0 amide bonds. The molecule has 54 valence electrons. The Morgan fingerprint density at radius 2 is 2.11 bits per heavy atom. The monoisotopic (exact) mass is 150 g/mol. The van der Waals surface area contributed by atoms with Gasteiger partial charge in [0.05, 0.1) is 11.2 Å². The molecule has 3 nitrogen and oxygen atoms in total. The smallest absolute Gasteiger partial charge is 0.174 e. The summed E-state index contributed by atoms with van der Waals surface area (Å²) in [5, 5.41) is 9.36. The second-order valence-corrected chi connectivity index (χ2v) is 3.85. The molecule has 0 radical (unpaired) electrons. The van der Waals surface area contributed by atoms with E-state index in [1.165, 1.54) is 13.8 Å². The molecule has 0 aliphatic heterocycles. The molecule has 0 aromatic rings. The van der Waals surface area contributed by atoms with E-state index in [1.807, 2.05) is 0 Å². The molecule has 0 heterocycles. The van der Waals surface area contributed by atoms with Crippen molar-refractivity contribution in [1.29, 1.82) is 0 Å². The lowest BCUT2D eigenvalue weighted by molar-refractivity contribution is 0.415. The molecule has 0 spiro atoms. The first kappa shape index (κ1) is 8.49. The van der Waals surface area contributed by atoms with E-state index < -0.39 is 9.84 Å². The molecule has 4 heteroatoms. The van der Waals surface area contributed by atoms with E-state index in [9.17, 15) is 8.42 Å². The highest BCUT2D eigenvalue weighted by molar-refractivity contribution is 7.94. The lowest BCUT2D eigenvalue weighted by Crippen LogP contribution is -1.98. The predicted molar refractivity (Wildman–Crippen MR) is 35.8 cm³/mol. The summed E-state index contributed by atoms with van der Waals surface area (Å²) < 4.78 is 21.1. The molecule has 0 rings (SSSR count). The summed E-state index contributed by atoms with van der Waals surface area (Å²) in [4.78, 5) is 0. The zero-order chi connectivity index (χ0) is 7.49. The third kappa shape index (κ3) is 4.02. The van der Waals surface area contributed by atoms with Crippen LogP contribution in [0.5, 0.6) is 0 Å². The van der Waals surface area contributed by atoms with Gasteiger partial charge in [0.2, 0.25) is 0 Å². The van der Waals surface area contributed by atoms with Gasteiger partial charge < -0.3 is 5.11 Å². The van der Waals surface area contributed by atoms with Crippen LogP contribution in [0.3, 0.4) is 0 Å². The molecule has 1 N–H and O–H groups in total. The minimum atomic E-state index is -3.13. The highest BCUT2D eigenvalue weighted by atomic mass is 32.2. The van der Waals surface area contributed by atoms with Crippen LogP contribution in [0.4, 0.5) is 0 Å². The van der Waals surface area contributed by atoms with E-state index in [2.05, 4.69) is 0 Å². The molecule has 9 heavy (non-hydrogen) atoms. The molecule has 0 fully saturated rings. The molecule has 0 aromatic carbocycles. The molecule has 0 atom stereocenters. The van der Waals surface area contributed by atoms with Gasteiger partial charge in [-0.1, -0.05) is 6.92 Å². The van der Waals surface area contributed by atoms with Gasteiger partial charge in [0, 0.05) is 0 Å². The Balaban J connectivity index is 4.41. The molecule has 0 saturated heterocycles. The third-order valence-corrected chi connectivity index (χ3v) is 2.26. The van der Waals surface area contributed by atoms with Gasteiger partial charge in [-0.05, 0) is 6.92 Å². The van der Waals surface area contributed by atoms with Gasteiger partial charge in [0.15, 0.2) is 9.84 Å². The average molecular weight is 150 g/mol. The quantitative estimate of drug-likeness (QED) is 0.593. The Labute approximate surface area is 54.9 Å². The number of sulfone groups is 1. The van der Waals surface area contributed by atoms with Crippen LogP contribution in [0.1, 0.15) is 13.8 Å². The van der Waals surface area contributed by atoms with Gasteiger partial charge >= 0.3 is 0 Å². The van der Waals surface area contributed by atoms with Crippen molar-refractivity contribution in [2.75, 3.05) is 5.75 Å². The third-order valence-electron chi connectivity index (χ3n) is 0.752. The minimum Gasteiger partial charge on any atom is -0.512 e. The van der Waals surface area contributed by atoms with Crippen LogP contribution in [-0.4, -0.2) is 19.3 Å². The first-order valence-corrected chi connectivity index (χ1v) is 4.29. The second kappa shape index (κ2) is 2.87. The first-order chi connectivity index (χ1) is 3.98. The van der Waals surface area contributed by atoms with Crippen molar-refractivity contribution in [3.8, 4) is 0 Å². The normalized spacial score (nSPS) is 13.8. The fourth-order valence-electron chi connectivity index (χ4n) is 0.343. The van der Waals surface area contributed by atoms with Crippen molar-refractivity contribution < 1.29 is 13.5 Å². The summed E-state index contributed by atoms with van der Waals surface area (Å²) in [6.07, 6.45) is 0. The summed E-state index contributed by atoms with van der Waals surface area (Å²) in [5.41, 5.74) is 0. The van der Waals surface area contributed by atoms with Gasteiger partial charge in [-0.15, -0.1) is 0 Å². The number of rotatable bonds is 2. The number of allylic oxidation sites excluding steroid dienone is 1. The molecule has 0 aliphatic carbocycles. The van der Waals surface area contributed by atoms with Gasteiger partial charge in [-0.3, -0.25) is 0 Å². The van der Waals surface area contributed by atoms with Crippen LogP contribution in [0.15, 0.2) is 11.2 Å². The number of aliphatic hydroxyl groups is 1. The maximum atomic E-state index is 10.6. The summed E-state index contributed by atoms with van der Waals surface area (Å²) >= 11 is 0. The molecular formula is C5H10O3S. The van der Waals surface area contributed by atoms with Crippen molar-refractivity contribution in [2.24, 2.45) is 0 Å². The Morgan fingerprint density at radius 3 is 2.22 bits per heavy atom. The van der Waals surface area contributed by atoms with Crippen LogP contribution in [0.2, 0.25) is 0 Å². The fraction of sp³-hybridized carbons (Fsp3) is 0.600. The van der Waals surface area contributed by atoms with Crippen LogP contribution in [0.25, 0.3) is 0 Å². The van der Waals surface area contributed by atoms with E-state index >= 15 is 0 Å². The van der Waals surface area contributed by atoms with Crippen molar-refractivity contribution in [2.45, 2.75) is 13.8 Å². The summed E-state index contributed by atoms with van der Waals surface area (Å²) in [6.45, 7) is 2.85. The SMILES string of the molecule is CCS(=O)(=O)C=C(C)O. The van der Waals surface area contributed by atoms with E-state index in [0.29, 0.717) is 0 Å². The molecule has 0 aliphatic rings. The fourth-order valence-corrected chi connectivity index (χ4v) is 1.03. The first-order valence-electron chi connectivity index (χ1n) is 2.58. The highest BCUT2D eigenvalue weighted by Gasteiger charge is 2.01. The predicted octanol–water partition coefficient (Wildman–Crippen LogP) is 0.840. The molecule has 0 aromatic heterocycles. The Kier molecular flexibility index (Phi) is 2.70. The van der Waals surface area contributed by atoms with E-state index in [4.69, 9.17) is 5.11 Å². The van der Waals surface area contributed by atoms with E-state index in [1.54, 1.807) is 0 Å². The lowest BCUT2D eigenvalue weighted by Gasteiger charge is -1.90. The summed E-state index contributed by atoms with van der Waals surface area (Å²) in [6, 6.07) is 0. The molecular weight excluding hydrogens is 140 g/mol. The van der Waals surface area contributed by atoms with Crippen molar-refractivity contribution in [3.05, 3.63) is 11.2 Å². The maximum absolute atomic E-state index is 10.6. The van der Waals surface area contributed by atoms with Gasteiger partial charge in [0.1, 0.15) is 5.76 Å². The van der Waals surface area contributed by atoms with E-state index in [0.717, 1.165) is 5.41 Å². The number of aliphatic hydroxyl groups excluding tert-OH is 1. The van der Waals surface area contributed by atoms with Gasteiger partial charge in [-0.25, -0.2) is 8.42 Å². The van der Waals surface area contributed by atoms with Crippen molar-refractivity contribution >= 4 is 9.84 Å². The number of hydrogen-bond acceptors (Lipinski definition) is 3. The second-order valence-electron chi connectivity index (χ2n) is 1.71. The Hall–Kier alpha value is -0.510. The standard InChI is InChI=1S/C5H10O3S/c1-3-9(7,8)4-5(2)6/h4,6H,3H2,1-2H3. The largest absolute Gasteiger partial charge is 0.512 e. The molecule has 0 unspecified atom stereocenters. The molecule has 0 bridgehead atoms. The topological polar surface area (TPSA) is 54.4 Å². The summed E-state index contributed by atoms with van der Waals surface area (Å²) in [7, 11) is -3.13.